The van der Waals surface area contributed by atoms with Gasteiger partial charge < -0.3 is 10.1 Å². The molecule has 0 aliphatic carbocycles. The average molecular weight is 246 g/mol. The Morgan fingerprint density at radius 3 is 2.81 bits per heavy atom. The van der Waals surface area contributed by atoms with Crippen LogP contribution in [0.4, 0.5) is 0 Å². The van der Waals surface area contributed by atoms with Crippen molar-refractivity contribution in [2.24, 2.45) is 7.05 Å². The van der Waals surface area contributed by atoms with Crippen molar-refractivity contribution >= 4 is 17.6 Å². The zero-order chi connectivity index (χ0) is 12.1. The van der Waals surface area contributed by atoms with E-state index in [1.165, 1.54) is 0 Å². The number of rotatable bonds is 5. The highest BCUT2D eigenvalue weighted by Gasteiger charge is 2.11. The summed E-state index contributed by atoms with van der Waals surface area (Å²) in [6, 6.07) is 0. The van der Waals surface area contributed by atoms with Gasteiger partial charge in [-0.1, -0.05) is 11.6 Å². The maximum atomic E-state index is 11.1. The summed E-state index contributed by atoms with van der Waals surface area (Å²) in [6.45, 7) is 4.75. The molecule has 1 aromatic rings. The van der Waals surface area contributed by atoms with Crippen molar-refractivity contribution < 1.29 is 9.53 Å². The second-order valence-electron chi connectivity index (χ2n) is 3.39. The second kappa shape index (κ2) is 5.86. The van der Waals surface area contributed by atoms with Crippen LogP contribution in [-0.4, -0.2) is 28.9 Å². The molecule has 1 aromatic heterocycles. The quantitative estimate of drug-likeness (QED) is 0.788. The minimum absolute atomic E-state index is 0.179. The van der Waals surface area contributed by atoms with Crippen molar-refractivity contribution in [1.29, 1.82) is 0 Å². The van der Waals surface area contributed by atoms with E-state index in [2.05, 4.69) is 10.4 Å². The van der Waals surface area contributed by atoms with Crippen LogP contribution < -0.4 is 5.32 Å². The molecule has 0 aliphatic heterocycles. The number of carbonyl (C=O) groups is 1. The van der Waals surface area contributed by atoms with Crippen molar-refractivity contribution in [3.05, 3.63) is 16.4 Å². The van der Waals surface area contributed by atoms with Crippen LogP contribution in [0.1, 0.15) is 18.2 Å². The van der Waals surface area contributed by atoms with Crippen LogP contribution in [0.5, 0.6) is 0 Å². The first-order valence-corrected chi connectivity index (χ1v) is 5.48. The van der Waals surface area contributed by atoms with Crippen molar-refractivity contribution in [3.8, 4) is 0 Å². The van der Waals surface area contributed by atoms with Crippen LogP contribution in [0.3, 0.4) is 0 Å². The molecule has 0 aromatic carbocycles. The van der Waals surface area contributed by atoms with Crippen molar-refractivity contribution in [1.82, 2.24) is 15.1 Å². The molecule has 1 N–H and O–H groups in total. The van der Waals surface area contributed by atoms with Gasteiger partial charge in [-0.25, -0.2) is 0 Å². The summed E-state index contributed by atoms with van der Waals surface area (Å²) in [6.07, 6.45) is 0. The van der Waals surface area contributed by atoms with Crippen LogP contribution in [0.2, 0.25) is 5.15 Å². The van der Waals surface area contributed by atoms with Gasteiger partial charge in [0.2, 0.25) is 0 Å². The Bertz CT molecular complexity index is 376. The Labute approximate surface area is 99.7 Å². The van der Waals surface area contributed by atoms with Gasteiger partial charge in [0.25, 0.3) is 0 Å². The molecule has 0 aliphatic rings. The van der Waals surface area contributed by atoms with E-state index >= 15 is 0 Å². The molecule has 90 valence electrons. The lowest BCUT2D eigenvalue weighted by molar-refractivity contribution is -0.142. The van der Waals surface area contributed by atoms with E-state index in [1.54, 1.807) is 18.7 Å². The molecule has 0 bridgehead atoms. The number of nitrogens with one attached hydrogen (secondary N) is 1. The number of ether oxygens (including phenoxy) is 1. The SMILES string of the molecule is CCOC(=O)CNCc1c(C)nn(C)c1Cl. The Hall–Kier alpha value is -1.07. The smallest absolute Gasteiger partial charge is 0.319 e. The lowest BCUT2D eigenvalue weighted by atomic mass is 10.2. The van der Waals surface area contributed by atoms with Gasteiger partial charge in [0.1, 0.15) is 5.15 Å². The molecule has 0 spiro atoms. The summed E-state index contributed by atoms with van der Waals surface area (Å²) < 4.78 is 6.40. The molecule has 1 rings (SSSR count). The molecule has 0 atom stereocenters. The molecule has 0 unspecified atom stereocenters. The molecule has 16 heavy (non-hydrogen) atoms. The van der Waals surface area contributed by atoms with Crippen LogP contribution in [-0.2, 0) is 23.1 Å². The summed E-state index contributed by atoms with van der Waals surface area (Å²) >= 11 is 6.03. The lowest BCUT2D eigenvalue weighted by Gasteiger charge is -2.04. The number of hydrogen-bond acceptors (Lipinski definition) is 4. The van der Waals surface area contributed by atoms with Crippen molar-refractivity contribution in [3.63, 3.8) is 0 Å². The minimum atomic E-state index is -0.264. The van der Waals surface area contributed by atoms with Gasteiger partial charge in [-0.05, 0) is 13.8 Å². The predicted molar refractivity (Wildman–Crippen MR) is 61.3 cm³/mol. The highest BCUT2D eigenvalue weighted by atomic mass is 35.5. The number of aryl methyl sites for hydroxylation is 2. The van der Waals surface area contributed by atoms with E-state index in [1.807, 2.05) is 6.92 Å². The highest BCUT2D eigenvalue weighted by molar-refractivity contribution is 6.30. The fourth-order valence-corrected chi connectivity index (χ4v) is 1.62. The van der Waals surface area contributed by atoms with E-state index in [9.17, 15) is 4.79 Å². The minimum Gasteiger partial charge on any atom is -0.465 e. The molecule has 5 nitrogen and oxygen atoms in total. The maximum Gasteiger partial charge on any atom is 0.319 e. The van der Waals surface area contributed by atoms with Crippen LogP contribution >= 0.6 is 11.6 Å². The average Bonchev–Trinajstić information content (AvgIpc) is 2.45. The molecule has 0 radical (unpaired) electrons. The van der Waals surface area contributed by atoms with E-state index in [-0.39, 0.29) is 12.5 Å². The molecular formula is C10H16ClN3O2. The van der Waals surface area contributed by atoms with Gasteiger partial charge in [0.15, 0.2) is 0 Å². The first-order valence-electron chi connectivity index (χ1n) is 5.10. The van der Waals surface area contributed by atoms with E-state index in [4.69, 9.17) is 16.3 Å². The van der Waals surface area contributed by atoms with Crippen LogP contribution in [0.15, 0.2) is 0 Å². The van der Waals surface area contributed by atoms with Crippen LogP contribution in [0.25, 0.3) is 0 Å². The Morgan fingerprint density at radius 2 is 2.31 bits per heavy atom. The van der Waals surface area contributed by atoms with Gasteiger partial charge >= 0.3 is 5.97 Å². The lowest BCUT2D eigenvalue weighted by Crippen LogP contribution is -2.24. The summed E-state index contributed by atoms with van der Waals surface area (Å²) in [5.74, 6) is -0.264. The summed E-state index contributed by atoms with van der Waals surface area (Å²) in [4.78, 5) is 11.1. The van der Waals surface area contributed by atoms with Gasteiger partial charge in [-0.2, -0.15) is 5.10 Å². The van der Waals surface area contributed by atoms with Gasteiger partial charge in [0, 0.05) is 19.2 Å². The Kier molecular flexibility index (Phi) is 4.76. The summed E-state index contributed by atoms with van der Waals surface area (Å²) in [7, 11) is 1.78. The monoisotopic (exact) mass is 245 g/mol. The predicted octanol–water partition coefficient (Wildman–Crippen LogP) is 1.03. The van der Waals surface area contributed by atoms with E-state index < -0.39 is 0 Å². The largest absolute Gasteiger partial charge is 0.465 e. The highest BCUT2D eigenvalue weighted by Crippen LogP contribution is 2.17. The van der Waals surface area contributed by atoms with Gasteiger partial charge in [-0.15, -0.1) is 0 Å². The summed E-state index contributed by atoms with van der Waals surface area (Å²) in [5.41, 5.74) is 1.78. The first kappa shape index (κ1) is 13.0. The maximum absolute atomic E-state index is 11.1. The zero-order valence-electron chi connectivity index (χ0n) is 9.71. The molecule has 0 saturated heterocycles. The Morgan fingerprint density at radius 1 is 1.62 bits per heavy atom. The topological polar surface area (TPSA) is 56.1 Å². The van der Waals surface area contributed by atoms with E-state index in [0.29, 0.717) is 18.3 Å². The fraction of sp³-hybridized carbons (Fsp3) is 0.600. The third-order valence-corrected chi connectivity index (χ3v) is 2.62. The van der Waals surface area contributed by atoms with Crippen molar-refractivity contribution in [2.75, 3.05) is 13.2 Å². The molecular weight excluding hydrogens is 230 g/mol. The molecule has 0 amide bonds. The zero-order valence-corrected chi connectivity index (χ0v) is 10.5. The third-order valence-electron chi connectivity index (χ3n) is 2.15. The van der Waals surface area contributed by atoms with Crippen LogP contribution in [0, 0.1) is 6.92 Å². The number of esters is 1. The summed E-state index contributed by atoms with van der Waals surface area (Å²) in [5, 5.41) is 7.73. The molecule has 0 fully saturated rings. The molecule has 6 heteroatoms. The Balaban J connectivity index is 2.46. The standard InChI is InChI=1S/C10H16ClN3O2/c1-4-16-9(15)6-12-5-8-7(2)13-14(3)10(8)11/h12H,4-6H2,1-3H3. The van der Waals surface area contributed by atoms with Gasteiger partial charge in [-0.3, -0.25) is 9.48 Å². The van der Waals surface area contributed by atoms with E-state index in [0.717, 1.165) is 11.3 Å². The third kappa shape index (κ3) is 3.21. The number of hydrogen-bond donors (Lipinski definition) is 1. The number of aromatic nitrogens is 2. The molecule has 1 heterocycles. The second-order valence-corrected chi connectivity index (χ2v) is 3.74. The number of halogens is 1. The molecule has 0 saturated carbocycles. The number of carbonyl (C=O) groups excluding carboxylic acids is 1. The normalized spacial score (nSPS) is 10.5. The first-order chi connectivity index (χ1) is 7.56. The van der Waals surface area contributed by atoms with Crippen molar-refractivity contribution in [2.45, 2.75) is 20.4 Å². The number of nitrogens with zero attached hydrogens (tertiary/aromatic N) is 2. The fourth-order valence-electron chi connectivity index (χ4n) is 1.38. The van der Waals surface area contributed by atoms with Gasteiger partial charge in [0.05, 0.1) is 18.8 Å².